The zero-order valence-electron chi connectivity index (χ0n) is 26.9. The molecule has 0 amide bonds. The Morgan fingerprint density at radius 1 is 1.13 bits per heavy atom. The number of halogens is 1. The molecule has 3 aromatic heterocycles. The van der Waals surface area contributed by atoms with E-state index in [-0.39, 0.29) is 24.3 Å². The predicted molar refractivity (Wildman–Crippen MR) is 181 cm³/mol. The predicted octanol–water partition coefficient (Wildman–Crippen LogP) is 6.75. The topological polar surface area (TPSA) is 131 Å². The van der Waals surface area contributed by atoms with Crippen molar-refractivity contribution in [2.75, 3.05) is 11.5 Å². The van der Waals surface area contributed by atoms with Crippen molar-refractivity contribution in [2.24, 2.45) is 12.5 Å². The molecule has 47 heavy (non-hydrogen) atoms. The number of fused-ring (bicyclic) bond motifs is 8. The van der Waals surface area contributed by atoms with Gasteiger partial charge in [-0.1, -0.05) is 56.3 Å². The summed E-state index contributed by atoms with van der Waals surface area (Å²) < 4.78 is 44.6. The van der Waals surface area contributed by atoms with Crippen molar-refractivity contribution in [1.82, 2.24) is 24.7 Å². The van der Waals surface area contributed by atoms with Gasteiger partial charge in [-0.3, -0.25) is 9.78 Å². The number of nitrogens with zero attached hydrogens (tertiary/aromatic N) is 4. The van der Waals surface area contributed by atoms with Gasteiger partial charge < -0.3 is 10.1 Å². The first-order valence-corrected chi connectivity index (χ1v) is 18.2. The summed E-state index contributed by atoms with van der Waals surface area (Å²) in [5.41, 5.74) is 2.18. The summed E-state index contributed by atoms with van der Waals surface area (Å²) in [5, 5.41) is 15.1. The largest absolute Gasteiger partial charge is 0.481 e. The minimum atomic E-state index is -3.50. The Hall–Kier alpha value is -4.03. The Morgan fingerprint density at radius 3 is 2.72 bits per heavy atom. The summed E-state index contributed by atoms with van der Waals surface area (Å²) in [7, 11) is -1.70. The standard InChI is InChI=1S/C35H38FN5O4S2/c1-34(2)12-6-13-35(3,23-8-5-7-22(17-23)18-30(42)43)33-39-32(41(4)40-33)29-19-24(9-14-38-29)46-31-26(11-16-47(44,45)21-34)25-10-15-37-28(25)20-27(31)36/h5,7-10,14-15,17,19-20,37H,6,11-13,16,18,21H2,1-4H3,(H,42,43)/t35-/m1/s1. The third kappa shape index (κ3) is 6.99. The number of aliphatic carboxylic acids is 1. The van der Waals surface area contributed by atoms with Gasteiger partial charge in [-0.25, -0.2) is 22.5 Å². The fourth-order valence-electron chi connectivity index (χ4n) is 6.64. The highest BCUT2D eigenvalue weighted by Crippen LogP contribution is 2.41. The normalized spacial score (nSPS) is 19.9. The Balaban J connectivity index is 1.49. The zero-order valence-corrected chi connectivity index (χ0v) is 28.5. The molecule has 4 heterocycles. The first-order chi connectivity index (χ1) is 22.2. The Morgan fingerprint density at radius 2 is 1.94 bits per heavy atom. The van der Waals surface area contributed by atoms with Gasteiger partial charge in [-0.2, -0.15) is 5.10 Å². The maximum absolute atomic E-state index is 15.7. The molecule has 6 rings (SSSR count). The van der Waals surface area contributed by atoms with Gasteiger partial charge in [-0.05, 0) is 72.6 Å². The molecule has 1 aliphatic rings. The van der Waals surface area contributed by atoms with E-state index in [1.165, 1.54) is 17.8 Å². The molecule has 0 radical (unpaired) electrons. The minimum absolute atomic E-state index is 0.00141. The summed E-state index contributed by atoms with van der Waals surface area (Å²) in [6.45, 7) is 5.99. The third-order valence-corrected chi connectivity index (χ3v) is 12.2. The maximum Gasteiger partial charge on any atom is 0.307 e. The van der Waals surface area contributed by atoms with Crippen LogP contribution in [0.2, 0.25) is 0 Å². The van der Waals surface area contributed by atoms with Crippen LogP contribution in [0.4, 0.5) is 4.39 Å². The van der Waals surface area contributed by atoms with Crippen molar-refractivity contribution >= 4 is 38.5 Å². The number of rotatable bonds is 3. The molecule has 0 fully saturated rings. The molecular formula is C35H38FN5O4S2. The second-order valence-electron chi connectivity index (χ2n) is 13.4. The number of nitrogens with one attached hydrogen (secondary N) is 1. The van der Waals surface area contributed by atoms with E-state index in [1.807, 2.05) is 51.2 Å². The number of aryl methyl sites for hydroxylation is 2. The van der Waals surface area contributed by atoms with Crippen molar-refractivity contribution in [3.8, 4) is 11.5 Å². The molecule has 0 saturated heterocycles. The molecule has 5 aromatic rings. The van der Waals surface area contributed by atoms with Gasteiger partial charge in [0.2, 0.25) is 0 Å². The van der Waals surface area contributed by atoms with Crippen molar-refractivity contribution in [3.63, 3.8) is 0 Å². The van der Waals surface area contributed by atoms with E-state index < -0.39 is 32.5 Å². The Labute approximate surface area is 278 Å². The van der Waals surface area contributed by atoms with Gasteiger partial charge in [0.15, 0.2) is 21.5 Å². The number of aromatic amines is 1. The fraction of sp³-hybridized carbons (Fsp3) is 0.371. The lowest BCUT2D eigenvalue weighted by Gasteiger charge is -2.30. The molecule has 0 spiro atoms. The molecule has 0 saturated carbocycles. The second-order valence-corrected chi connectivity index (χ2v) is 16.7. The summed E-state index contributed by atoms with van der Waals surface area (Å²) in [6.07, 6.45) is 5.38. The molecule has 2 N–H and O–H groups in total. The molecule has 12 heteroatoms. The lowest BCUT2D eigenvalue weighted by molar-refractivity contribution is -0.136. The molecule has 0 unspecified atom stereocenters. The number of hydrogen-bond acceptors (Lipinski definition) is 7. The van der Waals surface area contributed by atoms with Crippen LogP contribution < -0.4 is 0 Å². The van der Waals surface area contributed by atoms with Gasteiger partial charge in [0, 0.05) is 35.2 Å². The Bertz CT molecular complexity index is 2090. The molecule has 0 aliphatic carbocycles. The average molecular weight is 676 g/mol. The summed E-state index contributed by atoms with van der Waals surface area (Å²) in [6, 6.07) is 14.5. The number of aromatic nitrogens is 5. The highest BCUT2D eigenvalue weighted by molar-refractivity contribution is 7.99. The van der Waals surface area contributed by atoms with Crippen LogP contribution in [0.3, 0.4) is 0 Å². The molecule has 4 bridgehead atoms. The van der Waals surface area contributed by atoms with E-state index in [0.29, 0.717) is 58.1 Å². The van der Waals surface area contributed by atoms with E-state index in [9.17, 15) is 18.3 Å². The number of carbonyl (C=O) groups is 1. The van der Waals surface area contributed by atoms with Gasteiger partial charge in [0.05, 0.1) is 28.2 Å². The number of benzene rings is 2. The number of carboxylic acid groups (broad SMARTS) is 1. The first-order valence-electron chi connectivity index (χ1n) is 15.6. The quantitative estimate of drug-likeness (QED) is 0.215. The Kier molecular flexibility index (Phi) is 8.77. The second kappa shape index (κ2) is 12.5. The van der Waals surface area contributed by atoms with Crippen LogP contribution in [0, 0.1) is 11.2 Å². The molecule has 2 aromatic carbocycles. The highest BCUT2D eigenvalue weighted by atomic mass is 32.2. The molecule has 9 nitrogen and oxygen atoms in total. The van der Waals surface area contributed by atoms with E-state index in [4.69, 9.17) is 10.1 Å². The van der Waals surface area contributed by atoms with E-state index in [0.717, 1.165) is 15.8 Å². The monoisotopic (exact) mass is 675 g/mol. The van der Waals surface area contributed by atoms with Crippen LogP contribution in [0.25, 0.3) is 22.4 Å². The lowest BCUT2D eigenvalue weighted by atomic mass is 9.75. The van der Waals surface area contributed by atoms with Crippen molar-refractivity contribution in [1.29, 1.82) is 0 Å². The SMILES string of the molecule is Cn1nc2nc1-c1cc(ccn1)Sc1c(F)cc3[nH]ccc3c1CCS(=O)(=O)CC(C)(C)CCC[C@]2(C)c1cccc(CC(=O)O)c1. The molecular weight excluding hydrogens is 638 g/mol. The van der Waals surface area contributed by atoms with Crippen LogP contribution in [0.5, 0.6) is 0 Å². The molecule has 246 valence electrons. The number of H-pyrrole nitrogens is 1. The number of carboxylic acids is 1. The summed E-state index contributed by atoms with van der Waals surface area (Å²) in [5.74, 6) is -0.334. The number of hydrogen-bond donors (Lipinski definition) is 2. The molecule has 1 aliphatic heterocycles. The van der Waals surface area contributed by atoms with Gasteiger partial charge in [0.25, 0.3) is 0 Å². The lowest BCUT2D eigenvalue weighted by Crippen LogP contribution is -2.29. The number of pyridine rings is 1. The first kappa shape index (κ1) is 32.9. The van der Waals surface area contributed by atoms with Crippen LogP contribution in [0.1, 0.15) is 62.5 Å². The van der Waals surface area contributed by atoms with Crippen LogP contribution >= 0.6 is 11.8 Å². The van der Waals surface area contributed by atoms with Crippen molar-refractivity contribution in [2.45, 2.75) is 68.1 Å². The summed E-state index contributed by atoms with van der Waals surface area (Å²) >= 11 is 1.24. The average Bonchev–Trinajstić information content (AvgIpc) is 3.62. The van der Waals surface area contributed by atoms with E-state index >= 15 is 4.39 Å². The van der Waals surface area contributed by atoms with Gasteiger partial charge >= 0.3 is 5.97 Å². The maximum atomic E-state index is 15.7. The third-order valence-electron chi connectivity index (χ3n) is 9.03. The summed E-state index contributed by atoms with van der Waals surface area (Å²) in [4.78, 5) is 25.3. The van der Waals surface area contributed by atoms with Gasteiger partial charge in [0.1, 0.15) is 11.5 Å². The smallest absolute Gasteiger partial charge is 0.307 e. The van der Waals surface area contributed by atoms with Crippen LogP contribution in [-0.2, 0) is 39.9 Å². The number of sulfone groups is 1. The van der Waals surface area contributed by atoms with Gasteiger partial charge in [-0.15, -0.1) is 0 Å². The highest BCUT2D eigenvalue weighted by Gasteiger charge is 2.36. The fourth-order valence-corrected chi connectivity index (χ4v) is 9.66. The van der Waals surface area contributed by atoms with E-state index in [1.54, 1.807) is 29.2 Å². The molecule has 1 atom stereocenters. The van der Waals surface area contributed by atoms with Crippen molar-refractivity contribution < 1.29 is 22.7 Å². The zero-order chi connectivity index (χ0) is 33.6. The van der Waals surface area contributed by atoms with Crippen molar-refractivity contribution in [3.05, 3.63) is 89.3 Å². The minimum Gasteiger partial charge on any atom is -0.481 e. The van der Waals surface area contributed by atoms with E-state index in [2.05, 4.69) is 16.9 Å². The van der Waals surface area contributed by atoms with Crippen LogP contribution in [-0.4, -0.2) is 55.7 Å². The van der Waals surface area contributed by atoms with Crippen LogP contribution in [0.15, 0.2) is 70.7 Å².